The molecule has 0 aliphatic rings. The molecule has 1 aromatic carbocycles. The molecule has 0 amide bonds. The first kappa shape index (κ1) is 10.8. The highest BCUT2D eigenvalue weighted by atomic mass is 35.5. The molecule has 1 aromatic heterocycles. The Morgan fingerprint density at radius 2 is 2.06 bits per heavy atom. The standard InChI is InChI=1S/C13H10ClNO/c14-13-4-2-1-3-12(13)6-10-5-11(9-16)8-15-7-10/h1-5,7-9H,6H2. The van der Waals surface area contributed by atoms with Crippen LogP contribution in [0.4, 0.5) is 0 Å². The normalized spacial score (nSPS) is 10.1. The molecule has 0 aliphatic carbocycles. The second-order valence-electron chi connectivity index (χ2n) is 3.51. The topological polar surface area (TPSA) is 30.0 Å². The second-order valence-corrected chi connectivity index (χ2v) is 3.92. The van der Waals surface area contributed by atoms with Crippen LogP contribution in [0.5, 0.6) is 0 Å². The Hall–Kier alpha value is -1.67. The van der Waals surface area contributed by atoms with Crippen LogP contribution in [0.2, 0.25) is 5.02 Å². The van der Waals surface area contributed by atoms with Gasteiger partial charge in [-0.05, 0) is 23.3 Å². The molecule has 3 heteroatoms. The lowest BCUT2D eigenvalue weighted by molar-refractivity contribution is 0.112. The van der Waals surface area contributed by atoms with E-state index in [9.17, 15) is 4.79 Å². The highest BCUT2D eigenvalue weighted by Gasteiger charge is 2.01. The van der Waals surface area contributed by atoms with Crippen LogP contribution in [-0.4, -0.2) is 11.3 Å². The minimum atomic E-state index is 0.588. The maximum absolute atomic E-state index is 10.6. The molecule has 1 heterocycles. The molecule has 0 unspecified atom stereocenters. The summed E-state index contributed by atoms with van der Waals surface area (Å²) in [7, 11) is 0. The first-order valence-electron chi connectivity index (χ1n) is 4.92. The van der Waals surface area contributed by atoms with E-state index in [1.165, 1.54) is 0 Å². The molecular weight excluding hydrogens is 222 g/mol. The van der Waals surface area contributed by atoms with Crippen molar-refractivity contribution in [2.75, 3.05) is 0 Å². The SMILES string of the molecule is O=Cc1cncc(Cc2ccccc2Cl)c1. The van der Waals surface area contributed by atoms with Crippen molar-refractivity contribution in [1.82, 2.24) is 4.98 Å². The van der Waals surface area contributed by atoms with E-state index in [0.29, 0.717) is 12.0 Å². The zero-order chi connectivity index (χ0) is 11.4. The molecule has 0 N–H and O–H groups in total. The Bertz CT molecular complexity index is 511. The van der Waals surface area contributed by atoms with Crippen LogP contribution < -0.4 is 0 Å². The van der Waals surface area contributed by atoms with Crippen molar-refractivity contribution in [3.8, 4) is 0 Å². The fourth-order valence-electron chi connectivity index (χ4n) is 1.53. The van der Waals surface area contributed by atoms with Crippen LogP contribution in [0.15, 0.2) is 42.7 Å². The number of halogens is 1. The highest BCUT2D eigenvalue weighted by Crippen LogP contribution is 2.18. The number of hydrogen-bond acceptors (Lipinski definition) is 2. The highest BCUT2D eigenvalue weighted by molar-refractivity contribution is 6.31. The number of carbonyl (C=O) groups is 1. The number of benzene rings is 1. The van der Waals surface area contributed by atoms with Crippen molar-refractivity contribution in [3.05, 3.63) is 64.4 Å². The third kappa shape index (κ3) is 2.47. The van der Waals surface area contributed by atoms with Gasteiger partial charge in [-0.3, -0.25) is 9.78 Å². The van der Waals surface area contributed by atoms with Gasteiger partial charge in [0.05, 0.1) is 0 Å². The predicted octanol–water partition coefficient (Wildman–Crippen LogP) is 3.14. The molecule has 2 rings (SSSR count). The summed E-state index contributed by atoms with van der Waals surface area (Å²) in [6.45, 7) is 0. The van der Waals surface area contributed by atoms with E-state index in [2.05, 4.69) is 4.98 Å². The molecule has 0 radical (unpaired) electrons. The van der Waals surface area contributed by atoms with Crippen molar-refractivity contribution in [2.45, 2.75) is 6.42 Å². The van der Waals surface area contributed by atoms with Crippen molar-refractivity contribution in [1.29, 1.82) is 0 Å². The van der Waals surface area contributed by atoms with Gasteiger partial charge < -0.3 is 0 Å². The number of aromatic nitrogens is 1. The quantitative estimate of drug-likeness (QED) is 0.760. The molecule has 80 valence electrons. The van der Waals surface area contributed by atoms with Crippen LogP contribution >= 0.6 is 11.6 Å². The Morgan fingerprint density at radius 1 is 1.25 bits per heavy atom. The average molecular weight is 232 g/mol. The lowest BCUT2D eigenvalue weighted by Gasteiger charge is -2.04. The molecule has 16 heavy (non-hydrogen) atoms. The third-order valence-electron chi connectivity index (χ3n) is 2.30. The minimum absolute atomic E-state index is 0.588. The Labute approximate surface area is 98.9 Å². The largest absolute Gasteiger partial charge is 0.298 e. The number of nitrogens with zero attached hydrogens (tertiary/aromatic N) is 1. The van der Waals surface area contributed by atoms with E-state index in [1.54, 1.807) is 12.4 Å². The van der Waals surface area contributed by atoms with Gasteiger partial charge in [-0.2, -0.15) is 0 Å². The summed E-state index contributed by atoms with van der Waals surface area (Å²) < 4.78 is 0. The first-order valence-corrected chi connectivity index (χ1v) is 5.30. The Kier molecular flexibility index (Phi) is 3.32. The fourth-order valence-corrected chi connectivity index (χ4v) is 1.73. The Morgan fingerprint density at radius 3 is 2.81 bits per heavy atom. The van der Waals surface area contributed by atoms with Gasteiger partial charge in [-0.1, -0.05) is 29.8 Å². The van der Waals surface area contributed by atoms with Gasteiger partial charge in [0, 0.05) is 29.4 Å². The molecule has 2 nitrogen and oxygen atoms in total. The summed E-state index contributed by atoms with van der Waals surface area (Å²) in [5.41, 5.74) is 2.61. The number of aldehydes is 1. The summed E-state index contributed by atoms with van der Waals surface area (Å²) >= 11 is 6.06. The van der Waals surface area contributed by atoms with E-state index >= 15 is 0 Å². The van der Waals surface area contributed by atoms with E-state index in [-0.39, 0.29) is 0 Å². The predicted molar refractivity (Wildman–Crippen MR) is 63.9 cm³/mol. The summed E-state index contributed by atoms with van der Waals surface area (Å²) in [6.07, 6.45) is 4.77. The molecule has 0 atom stereocenters. The van der Waals surface area contributed by atoms with Gasteiger partial charge in [0.15, 0.2) is 6.29 Å². The maximum Gasteiger partial charge on any atom is 0.151 e. The third-order valence-corrected chi connectivity index (χ3v) is 2.67. The van der Waals surface area contributed by atoms with E-state index in [4.69, 9.17) is 11.6 Å². The van der Waals surface area contributed by atoms with E-state index in [1.807, 2.05) is 30.3 Å². The Balaban J connectivity index is 2.27. The molecule has 0 bridgehead atoms. The van der Waals surface area contributed by atoms with Gasteiger partial charge in [0.2, 0.25) is 0 Å². The summed E-state index contributed by atoms with van der Waals surface area (Å²) in [4.78, 5) is 14.6. The fraction of sp³-hybridized carbons (Fsp3) is 0.0769. The van der Waals surface area contributed by atoms with Crippen LogP contribution in [-0.2, 0) is 6.42 Å². The first-order chi connectivity index (χ1) is 7.79. The number of pyridine rings is 1. The number of carbonyl (C=O) groups excluding carboxylic acids is 1. The molecule has 0 aliphatic heterocycles. The number of rotatable bonds is 3. The minimum Gasteiger partial charge on any atom is -0.298 e. The van der Waals surface area contributed by atoms with Crippen LogP contribution in [0.25, 0.3) is 0 Å². The van der Waals surface area contributed by atoms with Crippen molar-refractivity contribution >= 4 is 17.9 Å². The molecule has 2 aromatic rings. The van der Waals surface area contributed by atoms with E-state index < -0.39 is 0 Å². The molecule has 0 saturated heterocycles. The monoisotopic (exact) mass is 231 g/mol. The maximum atomic E-state index is 10.6. The van der Waals surface area contributed by atoms with Gasteiger partial charge in [-0.25, -0.2) is 0 Å². The van der Waals surface area contributed by atoms with Gasteiger partial charge in [0.1, 0.15) is 0 Å². The van der Waals surface area contributed by atoms with Gasteiger partial charge in [0.25, 0.3) is 0 Å². The van der Waals surface area contributed by atoms with Gasteiger partial charge in [-0.15, -0.1) is 0 Å². The van der Waals surface area contributed by atoms with Crippen molar-refractivity contribution in [2.24, 2.45) is 0 Å². The van der Waals surface area contributed by atoms with Crippen LogP contribution in [0, 0.1) is 0 Å². The second kappa shape index (κ2) is 4.90. The van der Waals surface area contributed by atoms with E-state index in [0.717, 1.165) is 22.4 Å². The van der Waals surface area contributed by atoms with Gasteiger partial charge >= 0.3 is 0 Å². The summed E-state index contributed by atoms with van der Waals surface area (Å²) in [6, 6.07) is 9.48. The molecule has 0 fully saturated rings. The summed E-state index contributed by atoms with van der Waals surface area (Å²) in [5, 5.41) is 0.735. The van der Waals surface area contributed by atoms with Crippen molar-refractivity contribution < 1.29 is 4.79 Å². The molecule has 0 saturated carbocycles. The lowest BCUT2D eigenvalue weighted by atomic mass is 10.1. The van der Waals surface area contributed by atoms with Crippen molar-refractivity contribution in [3.63, 3.8) is 0 Å². The van der Waals surface area contributed by atoms with Crippen LogP contribution in [0.3, 0.4) is 0 Å². The molecule has 0 spiro atoms. The number of hydrogen-bond donors (Lipinski definition) is 0. The molecular formula is C13H10ClNO. The zero-order valence-electron chi connectivity index (χ0n) is 8.56. The average Bonchev–Trinajstić information content (AvgIpc) is 2.32. The smallest absolute Gasteiger partial charge is 0.151 e. The van der Waals surface area contributed by atoms with Crippen LogP contribution in [0.1, 0.15) is 21.5 Å². The lowest BCUT2D eigenvalue weighted by Crippen LogP contribution is -1.92. The summed E-state index contributed by atoms with van der Waals surface area (Å²) in [5.74, 6) is 0. The zero-order valence-corrected chi connectivity index (χ0v) is 9.32.